The number of rotatable bonds is 13. The van der Waals surface area contributed by atoms with Crippen molar-refractivity contribution in [3.05, 3.63) is 59.8 Å². The van der Waals surface area contributed by atoms with Gasteiger partial charge in [0.15, 0.2) is 11.9 Å². The van der Waals surface area contributed by atoms with Gasteiger partial charge in [0.25, 0.3) is 0 Å². The van der Waals surface area contributed by atoms with E-state index >= 15 is 0 Å². The molecular formula is C28H33F3N2O9. The van der Waals surface area contributed by atoms with E-state index in [0.717, 1.165) is 11.6 Å². The minimum absolute atomic E-state index is 0.0271. The third kappa shape index (κ3) is 9.36. The molecule has 0 bridgehead atoms. The number of alkyl halides is 3. The summed E-state index contributed by atoms with van der Waals surface area (Å²) < 4.78 is 78.2. The first-order valence-corrected chi connectivity index (χ1v) is 13.3. The van der Waals surface area contributed by atoms with Crippen LogP contribution in [-0.4, -0.2) is 86.6 Å². The van der Waals surface area contributed by atoms with Crippen LogP contribution in [0.5, 0.6) is 5.88 Å². The third-order valence-corrected chi connectivity index (χ3v) is 6.23. The van der Waals surface area contributed by atoms with Crippen molar-refractivity contribution in [1.29, 1.82) is 0 Å². The van der Waals surface area contributed by atoms with Crippen molar-refractivity contribution in [1.82, 2.24) is 10.3 Å². The molecule has 42 heavy (non-hydrogen) atoms. The summed E-state index contributed by atoms with van der Waals surface area (Å²) in [4.78, 5) is 27.6. The molecule has 4 rings (SSSR count). The zero-order valence-electron chi connectivity index (χ0n) is 23.1. The molecule has 0 unspecified atom stereocenters. The number of amides is 1. The summed E-state index contributed by atoms with van der Waals surface area (Å²) in [7, 11) is 0. The molecule has 0 radical (unpaired) electrons. The number of esters is 1. The third-order valence-electron chi connectivity index (χ3n) is 6.23. The molecule has 0 saturated carbocycles. The van der Waals surface area contributed by atoms with Gasteiger partial charge >= 0.3 is 12.1 Å². The van der Waals surface area contributed by atoms with Gasteiger partial charge in [0, 0.05) is 12.6 Å². The monoisotopic (exact) mass is 598 g/mol. The smallest absolute Gasteiger partial charge is 0.433 e. The molecule has 230 valence electrons. The number of benzene rings is 1. The predicted molar refractivity (Wildman–Crippen MR) is 138 cm³/mol. The number of carbonyl (C=O) groups is 2. The molecule has 1 aromatic carbocycles. The van der Waals surface area contributed by atoms with Crippen molar-refractivity contribution in [3.8, 4) is 5.88 Å². The van der Waals surface area contributed by atoms with E-state index in [2.05, 4.69) is 10.3 Å². The van der Waals surface area contributed by atoms with Crippen LogP contribution in [0.15, 0.2) is 48.5 Å². The lowest BCUT2D eigenvalue weighted by Gasteiger charge is -2.36. The van der Waals surface area contributed by atoms with Gasteiger partial charge in [-0.1, -0.05) is 36.4 Å². The van der Waals surface area contributed by atoms with Crippen LogP contribution in [0.25, 0.3) is 0 Å². The van der Waals surface area contributed by atoms with Gasteiger partial charge in [-0.3, -0.25) is 4.79 Å². The summed E-state index contributed by atoms with van der Waals surface area (Å²) in [5.41, 5.74) is -0.210. The van der Waals surface area contributed by atoms with E-state index in [4.69, 9.17) is 33.2 Å². The molecule has 3 heterocycles. The van der Waals surface area contributed by atoms with Gasteiger partial charge in [-0.05, 0) is 25.5 Å². The molecule has 2 aromatic rings. The Morgan fingerprint density at radius 2 is 1.71 bits per heavy atom. The second-order valence-electron chi connectivity index (χ2n) is 10.0. The molecule has 2 fully saturated rings. The number of nitrogens with zero attached hydrogens (tertiary/aromatic N) is 1. The fourth-order valence-corrected chi connectivity index (χ4v) is 4.35. The van der Waals surface area contributed by atoms with Crippen molar-refractivity contribution >= 4 is 11.9 Å². The molecular weight excluding hydrogens is 565 g/mol. The molecule has 2 aliphatic heterocycles. The van der Waals surface area contributed by atoms with Gasteiger partial charge in [-0.15, -0.1) is 0 Å². The number of halogens is 3. The van der Waals surface area contributed by atoms with Crippen LogP contribution in [0.2, 0.25) is 0 Å². The summed E-state index contributed by atoms with van der Waals surface area (Å²) in [5, 5.41) is 2.70. The molecule has 0 aliphatic carbocycles. The summed E-state index contributed by atoms with van der Waals surface area (Å²) in [6.07, 6.45) is -7.36. The van der Waals surface area contributed by atoms with Crippen molar-refractivity contribution in [2.24, 2.45) is 0 Å². The van der Waals surface area contributed by atoms with E-state index in [0.29, 0.717) is 0 Å². The van der Waals surface area contributed by atoms with Gasteiger partial charge < -0.3 is 38.5 Å². The van der Waals surface area contributed by atoms with E-state index in [1.54, 1.807) is 13.8 Å². The minimum Gasteiger partial charge on any atom is -0.469 e. The van der Waals surface area contributed by atoms with Crippen molar-refractivity contribution in [2.75, 3.05) is 39.6 Å². The molecule has 1 N–H and O–H groups in total. The highest BCUT2D eigenvalue weighted by atomic mass is 19.4. The summed E-state index contributed by atoms with van der Waals surface area (Å²) >= 11 is 0. The minimum atomic E-state index is -4.61. The Morgan fingerprint density at radius 1 is 1.00 bits per heavy atom. The first kappa shape index (κ1) is 31.6. The Morgan fingerprint density at radius 3 is 2.45 bits per heavy atom. The largest absolute Gasteiger partial charge is 0.469 e. The van der Waals surface area contributed by atoms with E-state index in [9.17, 15) is 22.8 Å². The van der Waals surface area contributed by atoms with Gasteiger partial charge in [-0.25, -0.2) is 9.78 Å². The fraction of sp³-hybridized carbons (Fsp3) is 0.536. The maximum absolute atomic E-state index is 13.0. The van der Waals surface area contributed by atoms with Crippen LogP contribution >= 0.6 is 0 Å². The lowest BCUT2D eigenvalue weighted by molar-refractivity contribution is -0.154. The summed E-state index contributed by atoms with van der Waals surface area (Å²) in [5.74, 6) is -2.16. The van der Waals surface area contributed by atoms with E-state index in [-0.39, 0.29) is 52.1 Å². The molecule has 0 spiro atoms. The maximum Gasteiger partial charge on any atom is 0.433 e. The second kappa shape index (κ2) is 14.2. The number of pyridine rings is 1. The number of hydrogen-bond acceptors (Lipinski definition) is 10. The first-order valence-electron chi connectivity index (χ1n) is 13.3. The Bertz CT molecular complexity index is 1180. The second-order valence-corrected chi connectivity index (χ2v) is 10.0. The molecule has 4 atom stereocenters. The van der Waals surface area contributed by atoms with E-state index < -0.39 is 53.9 Å². The maximum atomic E-state index is 13.0. The predicted octanol–water partition coefficient (Wildman–Crippen LogP) is 2.66. The van der Waals surface area contributed by atoms with Crippen molar-refractivity contribution in [3.63, 3.8) is 0 Å². The molecule has 11 nitrogen and oxygen atoms in total. The Hall–Kier alpha value is -3.30. The Balaban J connectivity index is 1.15. The number of fused-ring (bicyclic) bond motifs is 1. The van der Waals surface area contributed by atoms with Gasteiger partial charge in [0.2, 0.25) is 11.8 Å². The highest BCUT2D eigenvalue weighted by Crippen LogP contribution is 2.37. The van der Waals surface area contributed by atoms with E-state index in [1.165, 1.54) is 12.1 Å². The number of aromatic nitrogens is 1. The lowest BCUT2D eigenvalue weighted by atomic mass is 10.00. The molecule has 1 aromatic heterocycles. The number of nitrogens with one attached hydrogen (secondary N) is 1. The normalized spacial score (nSPS) is 23.2. The first-order chi connectivity index (χ1) is 20.0. The van der Waals surface area contributed by atoms with Crippen LogP contribution in [0.4, 0.5) is 13.2 Å². The van der Waals surface area contributed by atoms with Crippen LogP contribution in [-0.2, 0) is 50.8 Å². The van der Waals surface area contributed by atoms with Gasteiger partial charge in [0.1, 0.15) is 43.8 Å². The van der Waals surface area contributed by atoms with Crippen molar-refractivity contribution in [2.45, 2.75) is 56.8 Å². The van der Waals surface area contributed by atoms with Crippen LogP contribution in [0.1, 0.15) is 25.1 Å². The Labute approximate surface area is 240 Å². The van der Waals surface area contributed by atoms with Gasteiger partial charge in [0.05, 0.1) is 19.8 Å². The zero-order chi connectivity index (χ0) is 30.2. The summed E-state index contributed by atoms with van der Waals surface area (Å²) in [6, 6.07) is 12.6. The standard InChI is InChI=1S/C28H33F3N2O9/c1-27(2)41-25-19(38-15-20(26(25)42-27)40-23-10-6-9-21(33-23)28(29,30)31)13-32-22(34)16-36-11-12-37-17-24(35)39-14-18-7-4-3-5-8-18/h3-10,19-20,25-26H,11-17H2,1-2H3,(H,32,34)/t19-,20+,25+,26-/m1/s1. The quantitative estimate of drug-likeness (QED) is 0.272. The molecule has 2 saturated heterocycles. The Kier molecular flexibility index (Phi) is 10.7. The molecule has 1 amide bonds. The fourth-order valence-electron chi connectivity index (χ4n) is 4.35. The molecule has 2 aliphatic rings. The van der Waals surface area contributed by atoms with Crippen LogP contribution < -0.4 is 10.1 Å². The zero-order valence-corrected chi connectivity index (χ0v) is 23.1. The average molecular weight is 599 g/mol. The van der Waals surface area contributed by atoms with Crippen molar-refractivity contribution < 1.29 is 55.9 Å². The van der Waals surface area contributed by atoms with E-state index in [1.807, 2.05) is 30.3 Å². The average Bonchev–Trinajstić information content (AvgIpc) is 3.29. The van der Waals surface area contributed by atoms with Crippen LogP contribution in [0, 0.1) is 0 Å². The summed E-state index contributed by atoms with van der Waals surface area (Å²) in [6.45, 7) is 3.26. The highest BCUT2D eigenvalue weighted by molar-refractivity contribution is 5.77. The lowest BCUT2D eigenvalue weighted by Crippen LogP contribution is -2.56. The highest BCUT2D eigenvalue weighted by Gasteiger charge is 2.53. The number of ether oxygens (including phenoxy) is 7. The number of hydrogen-bond donors (Lipinski definition) is 1. The molecule has 14 heteroatoms. The van der Waals surface area contributed by atoms with Crippen LogP contribution in [0.3, 0.4) is 0 Å². The number of carbonyl (C=O) groups excluding carboxylic acids is 2. The SMILES string of the molecule is CC1(C)O[C@@H]2[C@H](O1)[C@@H](Oc1cccc(C(F)(F)F)n1)CO[C@@H]2CNC(=O)COCCOCC(=O)OCc1ccccc1. The van der Waals surface area contributed by atoms with Gasteiger partial charge in [-0.2, -0.15) is 13.2 Å². The topological polar surface area (TPSA) is 124 Å².